The third-order valence-corrected chi connectivity index (χ3v) is 5.11. The standard InChI is InChI=1S/C23H18FNO4/c1-14-22-16(11-25(13-28-22)12-18-6-3-7-27-18)10-19-21(26)20(29-23(14)19)9-15-4-2-5-17(24)8-15/h2-10H,11-13H2,1H3/b20-9-. The zero-order valence-electron chi connectivity index (χ0n) is 15.8. The summed E-state index contributed by atoms with van der Waals surface area (Å²) in [6.45, 7) is 3.57. The van der Waals surface area contributed by atoms with Gasteiger partial charge in [0.2, 0.25) is 5.78 Å². The van der Waals surface area contributed by atoms with Gasteiger partial charge in [0.15, 0.2) is 5.76 Å². The number of carbonyl (C=O) groups is 1. The third kappa shape index (κ3) is 3.21. The minimum atomic E-state index is -0.362. The van der Waals surface area contributed by atoms with Crippen molar-refractivity contribution < 1.29 is 23.1 Å². The molecule has 0 saturated heterocycles. The summed E-state index contributed by atoms with van der Waals surface area (Å²) in [6.07, 6.45) is 3.21. The predicted octanol–water partition coefficient (Wildman–Crippen LogP) is 4.70. The highest BCUT2D eigenvalue weighted by Gasteiger charge is 2.33. The zero-order chi connectivity index (χ0) is 20.0. The number of ether oxygens (including phenoxy) is 2. The molecule has 6 heteroatoms. The minimum Gasteiger partial charge on any atom is -0.477 e. The van der Waals surface area contributed by atoms with Crippen LogP contribution >= 0.6 is 0 Å². The van der Waals surface area contributed by atoms with Gasteiger partial charge in [0.1, 0.15) is 29.8 Å². The van der Waals surface area contributed by atoms with Crippen LogP contribution in [-0.2, 0) is 13.1 Å². The number of allylic oxidation sites excluding steroid dienone is 1. The molecule has 0 aliphatic carbocycles. The summed E-state index contributed by atoms with van der Waals surface area (Å²) >= 11 is 0. The SMILES string of the molecule is Cc1c2c(cc3c1O/C(=C\c1cccc(F)c1)C3=O)CN(Cc1ccco1)CO2. The largest absolute Gasteiger partial charge is 0.477 e. The molecular formula is C23H18FNO4. The average molecular weight is 391 g/mol. The molecular weight excluding hydrogens is 373 g/mol. The highest BCUT2D eigenvalue weighted by Crippen LogP contribution is 2.43. The van der Waals surface area contributed by atoms with Gasteiger partial charge in [-0.15, -0.1) is 0 Å². The first-order chi connectivity index (χ1) is 14.1. The summed E-state index contributed by atoms with van der Waals surface area (Å²) in [7, 11) is 0. The van der Waals surface area contributed by atoms with Gasteiger partial charge in [0, 0.05) is 17.7 Å². The number of nitrogens with zero attached hydrogens (tertiary/aromatic N) is 1. The van der Waals surface area contributed by atoms with E-state index in [1.807, 2.05) is 25.1 Å². The summed E-state index contributed by atoms with van der Waals surface area (Å²) in [5.41, 5.74) is 2.81. The van der Waals surface area contributed by atoms with Crippen molar-refractivity contribution in [3.63, 3.8) is 0 Å². The summed E-state index contributed by atoms with van der Waals surface area (Å²) < 4.78 is 30.7. The van der Waals surface area contributed by atoms with Crippen LogP contribution in [0.4, 0.5) is 4.39 Å². The Morgan fingerprint density at radius 2 is 2.07 bits per heavy atom. The normalized spacial score (nSPS) is 17.0. The maximum Gasteiger partial charge on any atom is 0.231 e. The fourth-order valence-corrected chi connectivity index (χ4v) is 3.77. The summed E-state index contributed by atoms with van der Waals surface area (Å²) in [5.74, 6) is 1.73. The van der Waals surface area contributed by atoms with Crippen molar-refractivity contribution in [2.75, 3.05) is 6.73 Å². The van der Waals surface area contributed by atoms with Gasteiger partial charge in [-0.3, -0.25) is 9.69 Å². The number of furan rings is 1. The number of hydrogen-bond donors (Lipinski definition) is 0. The Hall–Kier alpha value is -3.38. The van der Waals surface area contributed by atoms with Crippen LogP contribution in [-0.4, -0.2) is 17.4 Å². The quantitative estimate of drug-likeness (QED) is 0.606. The van der Waals surface area contributed by atoms with Crippen molar-refractivity contribution in [2.24, 2.45) is 0 Å². The molecule has 2 aliphatic rings. The van der Waals surface area contributed by atoms with E-state index in [4.69, 9.17) is 13.9 Å². The van der Waals surface area contributed by atoms with Crippen LogP contribution in [0.1, 0.15) is 32.8 Å². The van der Waals surface area contributed by atoms with Crippen molar-refractivity contribution in [1.29, 1.82) is 0 Å². The van der Waals surface area contributed by atoms with E-state index >= 15 is 0 Å². The molecule has 146 valence electrons. The molecule has 29 heavy (non-hydrogen) atoms. The molecule has 0 unspecified atom stereocenters. The molecule has 0 N–H and O–H groups in total. The van der Waals surface area contributed by atoms with Gasteiger partial charge in [-0.1, -0.05) is 12.1 Å². The highest BCUT2D eigenvalue weighted by molar-refractivity contribution is 6.15. The molecule has 5 rings (SSSR count). The Labute approximate surface area is 167 Å². The highest BCUT2D eigenvalue weighted by atomic mass is 19.1. The lowest BCUT2D eigenvalue weighted by Gasteiger charge is -2.29. The lowest BCUT2D eigenvalue weighted by atomic mass is 10.00. The van der Waals surface area contributed by atoms with Gasteiger partial charge < -0.3 is 13.9 Å². The number of carbonyl (C=O) groups excluding carboxylic acids is 1. The first-order valence-corrected chi connectivity index (χ1v) is 9.32. The molecule has 0 fully saturated rings. The van der Waals surface area contributed by atoms with E-state index in [0.29, 0.717) is 36.7 Å². The topological polar surface area (TPSA) is 51.9 Å². The van der Waals surface area contributed by atoms with E-state index < -0.39 is 0 Å². The van der Waals surface area contributed by atoms with Gasteiger partial charge in [-0.2, -0.15) is 0 Å². The average Bonchev–Trinajstić information content (AvgIpc) is 3.31. The Kier molecular flexibility index (Phi) is 4.21. The molecule has 2 aromatic carbocycles. The van der Waals surface area contributed by atoms with E-state index in [-0.39, 0.29) is 17.4 Å². The molecule has 1 aromatic heterocycles. The Morgan fingerprint density at radius 3 is 2.86 bits per heavy atom. The van der Waals surface area contributed by atoms with Gasteiger partial charge in [0.05, 0.1) is 18.4 Å². The second-order valence-electron chi connectivity index (χ2n) is 7.20. The Bertz CT molecular complexity index is 1130. The van der Waals surface area contributed by atoms with Crippen LogP contribution in [0.25, 0.3) is 6.08 Å². The van der Waals surface area contributed by atoms with Crippen LogP contribution in [0.5, 0.6) is 11.5 Å². The van der Waals surface area contributed by atoms with E-state index in [2.05, 4.69) is 4.90 Å². The number of fused-ring (bicyclic) bond motifs is 2. The number of halogens is 1. The number of ketones is 1. The summed E-state index contributed by atoms with van der Waals surface area (Å²) in [4.78, 5) is 15.0. The molecule has 2 aliphatic heterocycles. The van der Waals surface area contributed by atoms with Crippen molar-refractivity contribution in [2.45, 2.75) is 20.0 Å². The Morgan fingerprint density at radius 1 is 1.17 bits per heavy atom. The third-order valence-electron chi connectivity index (χ3n) is 5.11. The molecule has 0 bridgehead atoms. The smallest absolute Gasteiger partial charge is 0.231 e. The maximum atomic E-state index is 13.5. The van der Waals surface area contributed by atoms with Gasteiger partial charge in [0.25, 0.3) is 0 Å². The van der Waals surface area contributed by atoms with Gasteiger partial charge in [-0.25, -0.2) is 4.39 Å². The molecule has 3 heterocycles. The van der Waals surface area contributed by atoms with E-state index in [9.17, 15) is 9.18 Å². The fourth-order valence-electron chi connectivity index (χ4n) is 3.77. The zero-order valence-corrected chi connectivity index (χ0v) is 15.8. The maximum absolute atomic E-state index is 13.5. The van der Waals surface area contributed by atoms with Crippen molar-refractivity contribution in [1.82, 2.24) is 4.90 Å². The van der Waals surface area contributed by atoms with Crippen LogP contribution < -0.4 is 9.47 Å². The molecule has 0 radical (unpaired) electrons. The van der Waals surface area contributed by atoms with Crippen LogP contribution in [0.15, 0.2) is 58.9 Å². The molecule has 0 amide bonds. The fraction of sp³-hybridized carbons (Fsp3) is 0.174. The van der Waals surface area contributed by atoms with Crippen molar-refractivity contribution >= 4 is 11.9 Å². The van der Waals surface area contributed by atoms with Crippen LogP contribution in [0.3, 0.4) is 0 Å². The number of Topliss-reactive ketones (excluding diaryl/α,β-unsaturated/α-hetero) is 1. The molecule has 0 atom stereocenters. The number of benzene rings is 2. The molecule has 5 nitrogen and oxygen atoms in total. The molecule has 3 aromatic rings. The van der Waals surface area contributed by atoms with E-state index in [1.54, 1.807) is 24.5 Å². The lowest BCUT2D eigenvalue weighted by molar-refractivity contribution is 0.0813. The van der Waals surface area contributed by atoms with Crippen molar-refractivity contribution in [3.8, 4) is 11.5 Å². The van der Waals surface area contributed by atoms with E-state index in [0.717, 1.165) is 22.6 Å². The van der Waals surface area contributed by atoms with Gasteiger partial charge >= 0.3 is 0 Å². The van der Waals surface area contributed by atoms with E-state index in [1.165, 1.54) is 12.1 Å². The number of rotatable bonds is 3. The minimum absolute atomic E-state index is 0.184. The summed E-state index contributed by atoms with van der Waals surface area (Å²) in [5, 5.41) is 0. The second kappa shape index (κ2) is 6.90. The number of hydrogen-bond acceptors (Lipinski definition) is 5. The summed E-state index contributed by atoms with van der Waals surface area (Å²) in [6, 6.07) is 11.7. The van der Waals surface area contributed by atoms with Crippen LogP contribution in [0, 0.1) is 12.7 Å². The first-order valence-electron chi connectivity index (χ1n) is 9.32. The molecule has 0 spiro atoms. The second-order valence-corrected chi connectivity index (χ2v) is 7.20. The van der Waals surface area contributed by atoms with Crippen molar-refractivity contribution in [3.05, 3.63) is 88.3 Å². The first kappa shape index (κ1) is 17.7. The molecule has 0 saturated carbocycles. The predicted molar refractivity (Wildman–Crippen MR) is 104 cm³/mol. The van der Waals surface area contributed by atoms with Gasteiger partial charge in [-0.05, 0) is 48.9 Å². The monoisotopic (exact) mass is 391 g/mol. The van der Waals surface area contributed by atoms with Crippen LogP contribution in [0.2, 0.25) is 0 Å². The Balaban J connectivity index is 1.45. The lowest BCUT2D eigenvalue weighted by Crippen LogP contribution is -2.31.